The molecule has 0 saturated carbocycles. The number of nitrogens with zero attached hydrogens (tertiary/aromatic N) is 1. The molecule has 3 rings (SSSR count). The third-order valence-corrected chi connectivity index (χ3v) is 3.82. The highest BCUT2D eigenvalue weighted by Crippen LogP contribution is 2.29. The molecule has 0 radical (unpaired) electrons. The normalized spacial score (nSPS) is 13.7. The average molecular weight is 362 g/mol. The number of hydrogen-bond donors (Lipinski definition) is 3. The number of carbonyl (C=O) groups is 1. The molecular weight excluding hydrogens is 345 g/mol. The maximum absolute atomic E-state index is 12.5. The predicted octanol–water partition coefficient (Wildman–Crippen LogP) is 3.01. The second-order valence-electron chi connectivity index (χ2n) is 5.74. The van der Waals surface area contributed by atoms with E-state index < -0.39 is 17.6 Å². The summed E-state index contributed by atoms with van der Waals surface area (Å²) < 4.78 is 37.6. The fraction of sp³-hybridized carbons (Fsp3) is 0.222. The van der Waals surface area contributed by atoms with Crippen LogP contribution < -0.4 is 16.0 Å². The van der Waals surface area contributed by atoms with Gasteiger partial charge in [-0.1, -0.05) is 12.1 Å². The monoisotopic (exact) mass is 362 g/mol. The molecule has 136 valence electrons. The number of rotatable bonds is 4. The van der Waals surface area contributed by atoms with Gasteiger partial charge in [-0.2, -0.15) is 13.2 Å². The zero-order valence-corrected chi connectivity index (χ0v) is 13.7. The van der Waals surface area contributed by atoms with Crippen LogP contribution in [0.5, 0.6) is 0 Å². The Balaban J connectivity index is 1.54. The van der Waals surface area contributed by atoms with Gasteiger partial charge < -0.3 is 16.0 Å². The summed E-state index contributed by atoms with van der Waals surface area (Å²) in [6, 6.07) is 11.6. The lowest BCUT2D eigenvalue weighted by Gasteiger charge is -2.10. The van der Waals surface area contributed by atoms with Crippen molar-refractivity contribution in [3.63, 3.8) is 0 Å². The number of carbonyl (C=O) groups excluding carboxylic acids is 1. The molecule has 0 saturated heterocycles. The number of alkyl halides is 3. The van der Waals surface area contributed by atoms with Crippen molar-refractivity contribution in [3.05, 3.63) is 65.2 Å². The topological polar surface area (TPSA) is 65.5 Å². The number of aliphatic imine (C=N–C) groups is 1. The van der Waals surface area contributed by atoms with Gasteiger partial charge in [-0.15, -0.1) is 0 Å². The minimum absolute atomic E-state index is 0.182. The van der Waals surface area contributed by atoms with Crippen LogP contribution in [0.15, 0.2) is 53.5 Å². The first-order valence-electron chi connectivity index (χ1n) is 8.01. The molecule has 0 aliphatic carbocycles. The minimum atomic E-state index is -4.41. The number of nitrogens with one attached hydrogen (secondary N) is 3. The number of guanidine groups is 1. The minimum Gasteiger partial charge on any atom is -0.354 e. The Kier molecular flexibility index (Phi) is 5.11. The van der Waals surface area contributed by atoms with E-state index >= 15 is 0 Å². The van der Waals surface area contributed by atoms with E-state index in [0.717, 1.165) is 42.4 Å². The summed E-state index contributed by atoms with van der Waals surface area (Å²) >= 11 is 0. The lowest BCUT2D eigenvalue weighted by atomic mass is 10.1. The highest BCUT2D eigenvalue weighted by molar-refractivity contribution is 5.95. The summed E-state index contributed by atoms with van der Waals surface area (Å²) in [5, 5.41) is 8.93. The van der Waals surface area contributed by atoms with Crippen LogP contribution in [0, 0.1) is 0 Å². The van der Waals surface area contributed by atoms with Crippen molar-refractivity contribution in [2.24, 2.45) is 4.99 Å². The molecule has 26 heavy (non-hydrogen) atoms. The fourth-order valence-electron chi connectivity index (χ4n) is 2.42. The molecule has 0 spiro atoms. The molecule has 0 aromatic heterocycles. The zero-order valence-electron chi connectivity index (χ0n) is 13.7. The molecule has 1 aliphatic heterocycles. The number of benzene rings is 2. The molecule has 0 unspecified atom stereocenters. The van der Waals surface area contributed by atoms with Crippen molar-refractivity contribution < 1.29 is 18.0 Å². The predicted molar refractivity (Wildman–Crippen MR) is 93.0 cm³/mol. The number of amides is 1. The smallest absolute Gasteiger partial charge is 0.354 e. The average Bonchev–Trinajstić information content (AvgIpc) is 3.13. The van der Waals surface area contributed by atoms with Crippen molar-refractivity contribution in [3.8, 4) is 0 Å². The first-order chi connectivity index (χ1) is 12.4. The van der Waals surface area contributed by atoms with Crippen molar-refractivity contribution in [2.75, 3.05) is 18.4 Å². The molecular formula is C18H17F3N4O. The molecule has 8 heteroatoms. The Morgan fingerprint density at radius 3 is 2.35 bits per heavy atom. The summed E-state index contributed by atoms with van der Waals surface area (Å²) in [4.78, 5) is 16.3. The standard InChI is InChI=1S/C18H17F3N4O/c19-18(20,21)14-5-3-13(4-6-14)16(26)24-11-12-1-7-15(8-2-12)25-17-22-9-10-23-17/h1-8H,9-11H2,(H,24,26)(H2,22,23,25). The third-order valence-electron chi connectivity index (χ3n) is 3.82. The van der Waals surface area contributed by atoms with E-state index in [9.17, 15) is 18.0 Å². The van der Waals surface area contributed by atoms with Crippen LogP contribution in [0.2, 0.25) is 0 Å². The van der Waals surface area contributed by atoms with E-state index in [1.807, 2.05) is 24.3 Å². The van der Waals surface area contributed by atoms with Crippen molar-refractivity contribution in [2.45, 2.75) is 12.7 Å². The van der Waals surface area contributed by atoms with Gasteiger partial charge in [-0.05, 0) is 42.0 Å². The van der Waals surface area contributed by atoms with Gasteiger partial charge in [0.2, 0.25) is 0 Å². The largest absolute Gasteiger partial charge is 0.416 e. The van der Waals surface area contributed by atoms with Gasteiger partial charge in [0.15, 0.2) is 5.96 Å². The van der Waals surface area contributed by atoms with E-state index in [-0.39, 0.29) is 12.1 Å². The maximum atomic E-state index is 12.5. The van der Waals surface area contributed by atoms with E-state index in [2.05, 4.69) is 20.9 Å². The Labute approximate surface area is 148 Å². The Hall–Kier alpha value is -3.03. The zero-order chi connectivity index (χ0) is 18.6. The molecule has 2 aromatic carbocycles. The first-order valence-corrected chi connectivity index (χ1v) is 8.01. The summed E-state index contributed by atoms with van der Waals surface area (Å²) in [7, 11) is 0. The molecule has 1 heterocycles. The SMILES string of the molecule is O=C(NCc1ccc(NC2=NCCN2)cc1)c1ccc(C(F)(F)F)cc1. The molecule has 0 atom stereocenters. The van der Waals surface area contributed by atoms with Gasteiger partial charge in [0.1, 0.15) is 0 Å². The first kappa shape index (κ1) is 17.8. The summed E-state index contributed by atoms with van der Waals surface area (Å²) in [6.07, 6.45) is -4.41. The summed E-state index contributed by atoms with van der Waals surface area (Å²) in [5.74, 6) is 0.304. The Morgan fingerprint density at radius 2 is 1.77 bits per heavy atom. The lowest BCUT2D eigenvalue weighted by Crippen LogP contribution is -2.26. The van der Waals surface area contributed by atoms with Crippen LogP contribution in [0.3, 0.4) is 0 Å². The van der Waals surface area contributed by atoms with Gasteiger partial charge in [0, 0.05) is 24.3 Å². The summed E-state index contributed by atoms with van der Waals surface area (Å²) in [5.41, 5.74) is 1.15. The van der Waals surface area contributed by atoms with Crippen molar-refractivity contribution in [1.29, 1.82) is 0 Å². The number of anilines is 1. The van der Waals surface area contributed by atoms with Crippen LogP contribution >= 0.6 is 0 Å². The van der Waals surface area contributed by atoms with E-state index in [4.69, 9.17) is 0 Å². The van der Waals surface area contributed by atoms with E-state index in [0.29, 0.717) is 0 Å². The van der Waals surface area contributed by atoms with Crippen LogP contribution in [-0.2, 0) is 12.7 Å². The van der Waals surface area contributed by atoms with Gasteiger partial charge >= 0.3 is 6.18 Å². The van der Waals surface area contributed by atoms with E-state index in [1.54, 1.807) is 0 Å². The highest BCUT2D eigenvalue weighted by atomic mass is 19.4. The third kappa shape index (κ3) is 4.53. The van der Waals surface area contributed by atoms with Crippen LogP contribution in [0.1, 0.15) is 21.5 Å². The van der Waals surface area contributed by atoms with Crippen LogP contribution in [0.4, 0.5) is 18.9 Å². The van der Waals surface area contributed by atoms with E-state index in [1.165, 1.54) is 12.1 Å². The van der Waals surface area contributed by atoms with Crippen molar-refractivity contribution >= 4 is 17.6 Å². The molecule has 1 aliphatic rings. The fourth-order valence-corrected chi connectivity index (χ4v) is 2.42. The summed E-state index contributed by atoms with van der Waals surface area (Å²) in [6.45, 7) is 1.84. The van der Waals surface area contributed by atoms with Crippen LogP contribution in [-0.4, -0.2) is 25.0 Å². The molecule has 1 amide bonds. The second kappa shape index (κ2) is 7.47. The Bertz CT molecular complexity index is 799. The molecule has 5 nitrogen and oxygen atoms in total. The van der Waals surface area contributed by atoms with Gasteiger partial charge in [0.25, 0.3) is 5.91 Å². The van der Waals surface area contributed by atoms with Gasteiger partial charge in [0.05, 0.1) is 12.1 Å². The molecule has 0 fully saturated rings. The lowest BCUT2D eigenvalue weighted by molar-refractivity contribution is -0.137. The molecule has 0 bridgehead atoms. The van der Waals surface area contributed by atoms with Gasteiger partial charge in [-0.3, -0.25) is 9.79 Å². The highest BCUT2D eigenvalue weighted by Gasteiger charge is 2.30. The molecule has 2 aromatic rings. The maximum Gasteiger partial charge on any atom is 0.416 e. The Morgan fingerprint density at radius 1 is 1.08 bits per heavy atom. The van der Waals surface area contributed by atoms with Crippen LogP contribution in [0.25, 0.3) is 0 Å². The van der Waals surface area contributed by atoms with Crippen molar-refractivity contribution in [1.82, 2.24) is 10.6 Å². The molecule has 3 N–H and O–H groups in total. The number of halogens is 3. The van der Waals surface area contributed by atoms with Gasteiger partial charge in [-0.25, -0.2) is 0 Å². The second-order valence-corrected chi connectivity index (χ2v) is 5.74. The quantitative estimate of drug-likeness (QED) is 0.783. The number of hydrogen-bond acceptors (Lipinski definition) is 4.